The predicted octanol–water partition coefficient (Wildman–Crippen LogP) is 3.73. The molecule has 1 aromatic heterocycles. The molecule has 2 rings (SSSR count). The van der Waals surface area contributed by atoms with Gasteiger partial charge in [-0.15, -0.1) is 0 Å². The summed E-state index contributed by atoms with van der Waals surface area (Å²) in [7, 11) is 0. The molecular formula is C16H28N2O. The van der Waals surface area contributed by atoms with Gasteiger partial charge in [0.1, 0.15) is 0 Å². The fourth-order valence-corrected chi connectivity index (χ4v) is 3.31. The Morgan fingerprint density at radius 1 is 1.42 bits per heavy atom. The van der Waals surface area contributed by atoms with Crippen molar-refractivity contribution in [1.82, 2.24) is 9.78 Å². The summed E-state index contributed by atoms with van der Waals surface area (Å²) in [6, 6.07) is 2.57. The number of hydrogen-bond donors (Lipinski definition) is 1. The smallest absolute Gasteiger partial charge is 0.0729 e. The Balaban J connectivity index is 2.06. The first-order chi connectivity index (χ1) is 9.09. The highest BCUT2D eigenvalue weighted by Crippen LogP contribution is 2.35. The van der Waals surface area contributed by atoms with Gasteiger partial charge in [0, 0.05) is 12.6 Å². The van der Waals surface area contributed by atoms with Gasteiger partial charge in [-0.2, -0.15) is 5.10 Å². The Bertz CT molecular complexity index is 397. The second kappa shape index (κ2) is 6.08. The van der Waals surface area contributed by atoms with E-state index in [9.17, 15) is 5.11 Å². The van der Waals surface area contributed by atoms with Crippen molar-refractivity contribution in [3.63, 3.8) is 0 Å². The van der Waals surface area contributed by atoms with Crippen molar-refractivity contribution in [1.29, 1.82) is 0 Å². The molecule has 2 unspecified atom stereocenters. The van der Waals surface area contributed by atoms with E-state index in [1.807, 2.05) is 0 Å². The van der Waals surface area contributed by atoms with Gasteiger partial charge in [0.15, 0.2) is 0 Å². The zero-order valence-corrected chi connectivity index (χ0v) is 12.6. The third-order valence-corrected chi connectivity index (χ3v) is 4.88. The summed E-state index contributed by atoms with van der Waals surface area (Å²) in [5, 5.41) is 15.5. The van der Waals surface area contributed by atoms with E-state index < -0.39 is 5.60 Å². The maximum absolute atomic E-state index is 10.8. The zero-order chi connectivity index (χ0) is 13.9. The van der Waals surface area contributed by atoms with Crippen LogP contribution in [-0.4, -0.2) is 20.5 Å². The van der Waals surface area contributed by atoms with Crippen molar-refractivity contribution in [2.75, 3.05) is 0 Å². The van der Waals surface area contributed by atoms with Crippen LogP contribution in [0.5, 0.6) is 0 Å². The monoisotopic (exact) mass is 264 g/mol. The molecule has 1 fully saturated rings. The Morgan fingerprint density at radius 3 is 2.79 bits per heavy atom. The van der Waals surface area contributed by atoms with E-state index in [2.05, 4.69) is 42.8 Å². The number of hydrogen-bond acceptors (Lipinski definition) is 2. The quantitative estimate of drug-likeness (QED) is 0.880. The van der Waals surface area contributed by atoms with Crippen LogP contribution in [0.3, 0.4) is 0 Å². The van der Waals surface area contributed by atoms with Crippen LogP contribution in [0, 0.1) is 5.92 Å². The lowest BCUT2D eigenvalue weighted by atomic mass is 9.74. The van der Waals surface area contributed by atoms with Crippen LogP contribution in [-0.2, 0) is 6.42 Å². The lowest BCUT2D eigenvalue weighted by Crippen LogP contribution is -2.41. The molecule has 19 heavy (non-hydrogen) atoms. The molecule has 0 radical (unpaired) electrons. The normalized spacial score (nSPS) is 27.9. The maximum atomic E-state index is 10.8. The summed E-state index contributed by atoms with van der Waals surface area (Å²) >= 11 is 0. The molecule has 3 nitrogen and oxygen atoms in total. The molecule has 108 valence electrons. The minimum atomic E-state index is -0.536. The summed E-state index contributed by atoms with van der Waals surface area (Å²) in [5.74, 6) is 0.388. The lowest BCUT2D eigenvalue weighted by molar-refractivity contribution is -0.0413. The molecule has 1 aromatic rings. The van der Waals surface area contributed by atoms with Gasteiger partial charge < -0.3 is 5.11 Å². The average molecular weight is 264 g/mol. The van der Waals surface area contributed by atoms with Crippen molar-refractivity contribution in [2.24, 2.45) is 5.92 Å². The Morgan fingerprint density at radius 2 is 2.16 bits per heavy atom. The van der Waals surface area contributed by atoms with Gasteiger partial charge in [0.2, 0.25) is 0 Å². The lowest BCUT2D eigenvalue weighted by Gasteiger charge is -2.37. The summed E-state index contributed by atoms with van der Waals surface area (Å²) < 4.78 is 2.08. The molecule has 1 aliphatic rings. The van der Waals surface area contributed by atoms with Crippen molar-refractivity contribution >= 4 is 0 Å². The largest absolute Gasteiger partial charge is 0.389 e. The molecular weight excluding hydrogens is 236 g/mol. The third kappa shape index (κ3) is 3.19. The summed E-state index contributed by atoms with van der Waals surface area (Å²) in [5.41, 5.74) is 0.508. The molecule has 1 aliphatic carbocycles. The molecule has 0 aromatic carbocycles. The van der Waals surface area contributed by atoms with Gasteiger partial charge in [-0.05, 0) is 37.7 Å². The summed E-state index contributed by atoms with van der Waals surface area (Å²) in [6.07, 6.45) is 9.47. The minimum absolute atomic E-state index is 0.388. The SMILES string of the molecule is CCC(CC)n1ccc(CC2(O)CCCCC2C)n1. The number of nitrogens with zero attached hydrogens (tertiary/aromatic N) is 2. The van der Waals surface area contributed by atoms with Crippen LogP contribution in [0.25, 0.3) is 0 Å². The van der Waals surface area contributed by atoms with E-state index in [1.165, 1.54) is 6.42 Å². The topological polar surface area (TPSA) is 38.0 Å². The summed E-state index contributed by atoms with van der Waals surface area (Å²) in [4.78, 5) is 0. The van der Waals surface area contributed by atoms with Crippen LogP contribution < -0.4 is 0 Å². The van der Waals surface area contributed by atoms with Crippen LogP contribution in [0.4, 0.5) is 0 Å². The van der Waals surface area contributed by atoms with E-state index in [1.54, 1.807) is 0 Å². The Labute approximate surface area is 117 Å². The van der Waals surface area contributed by atoms with E-state index in [0.717, 1.165) is 37.8 Å². The second-order valence-corrected chi connectivity index (χ2v) is 6.18. The highest BCUT2D eigenvalue weighted by molar-refractivity contribution is 5.06. The fourth-order valence-electron chi connectivity index (χ4n) is 3.31. The first kappa shape index (κ1) is 14.6. The molecule has 0 amide bonds. The van der Waals surface area contributed by atoms with Crippen LogP contribution >= 0.6 is 0 Å². The van der Waals surface area contributed by atoms with E-state index in [4.69, 9.17) is 0 Å². The second-order valence-electron chi connectivity index (χ2n) is 6.18. The number of aliphatic hydroxyl groups is 1. The molecule has 1 N–H and O–H groups in total. The van der Waals surface area contributed by atoms with Gasteiger partial charge in [0.25, 0.3) is 0 Å². The molecule has 1 saturated carbocycles. The molecule has 0 saturated heterocycles. The predicted molar refractivity (Wildman–Crippen MR) is 78.1 cm³/mol. The highest BCUT2D eigenvalue weighted by atomic mass is 16.3. The Kier molecular flexibility index (Phi) is 4.67. The van der Waals surface area contributed by atoms with Crippen LogP contribution in [0.2, 0.25) is 0 Å². The van der Waals surface area contributed by atoms with Crippen LogP contribution in [0.1, 0.15) is 71.0 Å². The summed E-state index contributed by atoms with van der Waals surface area (Å²) in [6.45, 7) is 6.58. The van der Waals surface area contributed by atoms with Gasteiger partial charge >= 0.3 is 0 Å². The average Bonchev–Trinajstić information content (AvgIpc) is 2.83. The van der Waals surface area contributed by atoms with E-state index in [-0.39, 0.29) is 0 Å². The number of aromatic nitrogens is 2. The van der Waals surface area contributed by atoms with Crippen molar-refractivity contribution in [3.05, 3.63) is 18.0 Å². The highest BCUT2D eigenvalue weighted by Gasteiger charge is 2.36. The minimum Gasteiger partial charge on any atom is -0.389 e. The first-order valence-corrected chi connectivity index (χ1v) is 7.85. The fraction of sp³-hybridized carbons (Fsp3) is 0.812. The standard InChI is InChI=1S/C16H28N2O/c1-4-15(5-2)18-11-9-14(17-18)12-16(19)10-7-6-8-13(16)3/h9,11,13,15,19H,4-8,10,12H2,1-3H3. The molecule has 0 aliphatic heterocycles. The maximum Gasteiger partial charge on any atom is 0.0729 e. The van der Waals surface area contributed by atoms with Gasteiger partial charge in [0.05, 0.1) is 17.3 Å². The molecule has 0 spiro atoms. The molecule has 2 atom stereocenters. The van der Waals surface area contributed by atoms with Crippen molar-refractivity contribution < 1.29 is 5.11 Å². The zero-order valence-electron chi connectivity index (χ0n) is 12.6. The number of rotatable bonds is 5. The first-order valence-electron chi connectivity index (χ1n) is 7.85. The van der Waals surface area contributed by atoms with Crippen LogP contribution in [0.15, 0.2) is 12.3 Å². The van der Waals surface area contributed by atoms with Gasteiger partial charge in [-0.25, -0.2) is 0 Å². The van der Waals surface area contributed by atoms with Crippen molar-refractivity contribution in [2.45, 2.75) is 77.4 Å². The van der Waals surface area contributed by atoms with E-state index >= 15 is 0 Å². The van der Waals surface area contributed by atoms with E-state index in [0.29, 0.717) is 18.4 Å². The molecule has 0 bridgehead atoms. The van der Waals surface area contributed by atoms with Crippen molar-refractivity contribution in [3.8, 4) is 0 Å². The van der Waals surface area contributed by atoms with Gasteiger partial charge in [-0.1, -0.05) is 33.6 Å². The Hall–Kier alpha value is -0.830. The molecule has 3 heteroatoms. The third-order valence-electron chi connectivity index (χ3n) is 4.88. The van der Waals surface area contributed by atoms with Gasteiger partial charge in [-0.3, -0.25) is 4.68 Å². The molecule has 1 heterocycles.